The van der Waals surface area contributed by atoms with Crippen LogP contribution in [0.1, 0.15) is 32.1 Å². The number of guanidine groups is 1. The first-order valence-corrected chi connectivity index (χ1v) is 10.3. The van der Waals surface area contributed by atoms with E-state index >= 15 is 0 Å². The molecule has 154 valence electrons. The minimum Gasteiger partial charge on any atom is -0.341 e. The van der Waals surface area contributed by atoms with Crippen molar-refractivity contribution in [2.75, 3.05) is 31.5 Å². The van der Waals surface area contributed by atoms with Crippen LogP contribution in [0.15, 0.2) is 29.3 Å². The van der Waals surface area contributed by atoms with Crippen LogP contribution < -0.4 is 10.6 Å². The molecule has 2 N–H and O–H groups in total. The average molecular weight is 417 g/mol. The van der Waals surface area contributed by atoms with Gasteiger partial charge in [0.1, 0.15) is 6.04 Å². The fraction of sp³-hybridized carbons (Fsp3) is 0.500. The average Bonchev–Trinajstić information content (AvgIpc) is 3.20. The second-order valence-corrected chi connectivity index (χ2v) is 7.59. The van der Waals surface area contributed by atoms with Crippen molar-refractivity contribution in [3.05, 3.63) is 29.3 Å². The number of nitrogens with zero attached hydrogens (tertiary/aromatic N) is 4. The Bertz CT molecular complexity index is 815. The zero-order valence-electron chi connectivity index (χ0n) is 16.2. The summed E-state index contributed by atoms with van der Waals surface area (Å²) in [6, 6.07) is 6.42. The lowest BCUT2D eigenvalue weighted by molar-refractivity contribution is -0.140. The lowest BCUT2D eigenvalue weighted by atomic mass is 10.1. The predicted molar refractivity (Wildman–Crippen MR) is 111 cm³/mol. The van der Waals surface area contributed by atoms with Crippen molar-refractivity contribution in [1.29, 1.82) is 5.26 Å². The molecule has 1 atom stereocenters. The van der Waals surface area contributed by atoms with Gasteiger partial charge in [0, 0.05) is 19.6 Å². The van der Waals surface area contributed by atoms with Crippen molar-refractivity contribution in [3.8, 4) is 6.19 Å². The number of anilines is 1. The molecule has 29 heavy (non-hydrogen) atoms. The number of carbonyl (C=O) groups is 2. The Hall–Kier alpha value is -2.79. The third-order valence-electron chi connectivity index (χ3n) is 5.12. The topological polar surface area (TPSA) is 101 Å². The highest BCUT2D eigenvalue weighted by atomic mass is 35.5. The highest BCUT2D eigenvalue weighted by Crippen LogP contribution is 2.21. The summed E-state index contributed by atoms with van der Waals surface area (Å²) in [5.74, 6) is -0.0371. The van der Waals surface area contributed by atoms with Crippen LogP contribution in [0.4, 0.5) is 5.69 Å². The molecule has 0 saturated carbocycles. The first-order valence-electron chi connectivity index (χ1n) is 9.89. The van der Waals surface area contributed by atoms with Crippen molar-refractivity contribution in [2.24, 2.45) is 4.99 Å². The summed E-state index contributed by atoms with van der Waals surface area (Å²) in [5.41, 5.74) is 0.581. The number of nitriles is 1. The Morgan fingerprint density at radius 1 is 1.21 bits per heavy atom. The summed E-state index contributed by atoms with van der Waals surface area (Å²) in [7, 11) is 0. The lowest BCUT2D eigenvalue weighted by Crippen LogP contribution is -2.45. The third-order valence-corrected chi connectivity index (χ3v) is 5.45. The smallest absolute Gasteiger partial charge is 0.247 e. The van der Waals surface area contributed by atoms with Gasteiger partial charge >= 0.3 is 0 Å². The van der Waals surface area contributed by atoms with Crippen molar-refractivity contribution in [2.45, 2.75) is 38.1 Å². The van der Waals surface area contributed by atoms with E-state index in [4.69, 9.17) is 16.9 Å². The van der Waals surface area contributed by atoms with Gasteiger partial charge in [0.2, 0.25) is 17.8 Å². The second kappa shape index (κ2) is 10.1. The molecule has 2 amide bonds. The Morgan fingerprint density at radius 2 is 1.93 bits per heavy atom. The van der Waals surface area contributed by atoms with Crippen LogP contribution >= 0.6 is 11.6 Å². The normalized spacial score (nSPS) is 20.2. The van der Waals surface area contributed by atoms with Crippen LogP contribution in [0.25, 0.3) is 0 Å². The highest BCUT2D eigenvalue weighted by molar-refractivity contribution is 6.33. The minimum absolute atomic E-state index is 0.00922. The molecule has 3 rings (SSSR count). The molecule has 2 heterocycles. The van der Waals surface area contributed by atoms with Crippen LogP contribution in [-0.2, 0) is 9.59 Å². The third kappa shape index (κ3) is 5.61. The minimum atomic E-state index is -0.658. The second-order valence-electron chi connectivity index (χ2n) is 7.18. The van der Waals surface area contributed by atoms with Crippen molar-refractivity contribution < 1.29 is 9.59 Å². The molecular formula is C20H25ClN6O2. The molecule has 8 nitrogen and oxygen atoms in total. The van der Waals surface area contributed by atoms with Gasteiger partial charge in [-0.15, -0.1) is 0 Å². The number of para-hydroxylation sites is 1. The van der Waals surface area contributed by atoms with Crippen molar-refractivity contribution >= 4 is 35.1 Å². The van der Waals surface area contributed by atoms with E-state index in [1.54, 1.807) is 29.2 Å². The quantitative estimate of drug-likeness (QED) is 0.339. The molecule has 1 aromatic carbocycles. The van der Waals surface area contributed by atoms with E-state index in [1.165, 1.54) is 0 Å². The maximum Gasteiger partial charge on any atom is 0.247 e. The summed E-state index contributed by atoms with van der Waals surface area (Å²) in [4.78, 5) is 33.4. The number of nitrogens with one attached hydrogen (secondary N) is 2. The Balaban J connectivity index is 1.73. The molecule has 2 fully saturated rings. The zero-order chi connectivity index (χ0) is 20.6. The fourth-order valence-electron chi connectivity index (χ4n) is 3.59. The maximum atomic E-state index is 13.0. The number of hydrogen-bond donors (Lipinski definition) is 2. The molecule has 0 bridgehead atoms. The number of carbonyl (C=O) groups excluding carboxylic acids is 2. The van der Waals surface area contributed by atoms with Crippen molar-refractivity contribution in [1.82, 2.24) is 15.1 Å². The Labute approximate surface area is 175 Å². The van der Waals surface area contributed by atoms with Gasteiger partial charge in [0.25, 0.3) is 0 Å². The van der Waals surface area contributed by atoms with E-state index in [0.717, 1.165) is 38.8 Å². The molecule has 2 aliphatic heterocycles. The van der Waals surface area contributed by atoms with E-state index in [-0.39, 0.29) is 24.3 Å². The SMILES string of the molecule is N#CNC(=N[C@H]1CCCCN(CC(=O)N2CCCC2)C1=O)Nc1ccccc1Cl. The van der Waals surface area contributed by atoms with Gasteiger partial charge in [0.05, 0.1) is 17.3 Å². The molecule has 2 aliphatic rings. The number of hydrogen-bond acceptors (Lipinski definition) is 4. The van der Waals surface area contributed by atoms with E-state index in [2.05, 4.69) is 15.6 Å². The summed E-state index contributed by atoms with van der Waals surface area (Å²) in [5, 5.41) is 15.0. The molecule has 0 aromatic heterocycles. The first-order chi connectivity index (χ1) is 14.1. The Kier molecular flexibility index (Phi) is 7.30. The molecule has 0 unspecified atom stereocenters. The van der Waals surface area contributed by atoms with Gasteiger partial charge in [0.15, 0.2) is 6.19 Å². The van der Waals surface area contributed by atoms with E-state index < -0.39 is 6.04 Å². The summed E-state index contributed by atoms with van der Waals surface area (Å²) < 4.78 is 0. The summed E-state index contributed by atoms with van der Waals surface area (Å²) >= 11 is 6.16. The molecule has 0 aliphatic carbocycles. The highest BCUT2D eigenvalue weighted by Gasteiger charge is 2.30. The summed E-state index contributed by atoms with van der Waals surface area (Å²) in [6.45, 7) is 2.16. The van der Waals surface area contributed by atoms with Crippen LogP contribution in [0.5, 0.6) is 0 Å². The van der Waals surface area contributed by atoms with Gasteiger partial charge in [-0.05, 0) is 44.2 Å². The molecule has 1 aromatic rings. The molecule has 2 saturated heterocycles. The Morgan fingerprint density at radius 3 is 2.66 bits per heavy atom. The van der Waals surface area contributed by atoms with Crippen LogP contribution in [-0.4, -0.2) is 59.8 Å². The number of likely N-dealkylation sites (tertiary alicyclic amines) is 2. The van der Waals surface area contributed by atoms with Crippen LogP contribution in [0, 0.1) is 11.5 Å². The number of amides is 2. The number of aliphatic imine (C=N–C) groups is 1. The van der Waals surface area contributed by atoms with E-state index in [0.29, 0.717) is 23.7 Å². The molecular weight excluding hydrogens is 392 g/mol. The van der Waals surface area contributed by atoms with E-state index in [9.17, 15) is 9.59 Å². The molecule has 0 spiro atoms. The predicted octanol–water partition coefficient (Wildman–Crippen LogP) is 2.18. The molecule has 9 heteroatoms. The van der Waals surface area contributed by atoms with Gasteiger partial charge in [-0.3, -0.25) is 14.9 Å². The lowest BCUT2D eigenvalue weighted by Gasteiger charge is -2.25. The van der Waals surface area contributed by atoms with Crippen molar-refractivity contribution in [3.63, 3.8) is 0 Å². The number of halogens is 1. The number of benzene rings is 1. The largest absolute Gasteiger partial charge is 0.341 e. The maximum absolute atomic E-state index is 13.0. The fourth-order valence-corrected chi connectivity index (χ4v) is 3.77. The van der Waals surface area contributed by atoms with Crippen LogP contribution in [0.3, 0.4) is 0 Å². The van der Waals surface area contributed by atoms with Gasteiger partial charge in [-0.1, -0.05) is 23.7 Å². The first kappa shape index (κ1) is 20.9. The number of rotatable bonds is 4. The zero-order valence-corrected chi connectivity index (χ0v) is 17.0. The van der Waals surface area contributed by atoms with Gasteiger partial charge in [-0.2, -0.15) is 5.26 Å². The summed E-state index contributed by atoms with van der Waals surface area (Å²) in [6.07, 6.45) is 6.08. The van der Waals surface area contributed by atoms with E-state index in [1.807, 2.05) is 11.1 Å². The van der Waals surface area contributed by atoms with Crippen LogP contribution in [0.2, 0.25) is 5.02 Å². The standard InChI is InChI=1S/C20H25ClN6O2/c21-15-7-1-2-8-16(15)24-20(23-14-22)25-17-9-3-4-12-27(19(17)29)13-18(28)26-10-5-6-11-26/h1-2,7-8,17H,3-6,9-13H2,(H2,23,24,25)/t17-/m0/s1. The van der Waals surface area contributed by atoms with Gasteiger partial charge in [-0.25, -0.2) is 4.99 Å². The molecule has 0 radical (unpaired) electrons. The van der Waals surface area contributed by atoms with Gasteiger partial charge < -0.3 is 15.1 Å². The monoisotopic (exact) mass is 416 g/mol.